The number of nitrogens with zero attached hydrogens (tertiary/aromatic N) is 4. The molecule has 1 aliphatic carbocycles. The first-order valence-corrected chi connectivity index (χ1v) is 9.42. The fourth-order valence-electron chi connectivity index (χ4n) is 3.60. The van der Waals surface area contributed by atoms with Crippen LogP contribution < -0.4 is 10.2 Å². The van der Waals surface area contributed by atoms with Gasteiger partial charge in [-0.05, 0) is 30.7 Å². The Hall–Kier alpha value is -3.40. The van der Waals surface area contributed by atoms with Gasteiger partial charge in [0.25, 0.3) is 0 Å². The standard InChI is InChI=1S/C21H21N5O2/c22-14-15-5-1-2-6-18(15)24-20(27)16-13-17(16)21(28)26-11-9-25(10-12-26)19-7-3-4-8-23-19/h1-8,16-17H,9-13H2,(H,24,27). The summed E-state index contributed by atoms with van der Waals surface area (Å²) >= 11 is 0. The predicted octanol–water partition coefficient (Wildman–Crippen LogP) is 1.88. The van der Waals surface area contributed by atoms with Gasteiger partial charge in [-0.25, -0.2) is 4.98 Å². The first-order chi connectivity index (χ1) is 13.7. The van der Waals surface area contributed by atoms with E-state index >= 15 is 0 Å². The normalized spacial score (nSPS) is 21.0. The number of piperazine rings is 1. The molecule has 1 aromatic carbocycles. The van der Waals surface area contributed by atoms with Gasteiger partial charge in [0.2, 0.25) is 11.8 Å². The van der Waals surface area contributed by atoms with Crippen LogP contribution in [0.1, 0.15) is 12.0 Å². The molecule has 1 aromatic heterocycles. The van der Waals surface area contributed by atoms with Crippen molar-refractivity contribution in [1.82, 2.24) is 9.88 Å². The highest BCUT2D eigenvalue weighted by atomic mass is 16.2. The number of nitriles is 1. The third kappa shape index (κ3) is 3.67. The van der Waals surface area contributed by atoms with Gasteiger partial charge in [-0.3, -0.25) is 9.59 Å². The number of hydrogen-bond donors (Lipinski definition) is 1. The number of hydrogen-bond acceptors (Lipinski definition) is 5. The number of carbonyl (C=O) groups is 2. The lowest BCUT2D eigenvalue weighted by atomic mass is 10.2. The minimum atomic E-state index is -0.312. The van der Waals surface area contributed by atoms with E-state index < -0.39 is 0 Å². The van der Waals surface area contributed by atoms with Crippen molar-refractivity contribution in [3.63, 3.8) is 0 Å². The number of benzene rings is 1. The summed E-state index contributed by atoms with van der Waals surface area (Å²) in [5.41, 5.74) is 0.919. The molecule has 2 aromatic rings. The van der Waals surface area contributed by atoms with E-state index in [0.29, 0.717) is 30.8 Å². The molecule has 1 saturated carbocycles. The highest BCUT2D eigenvalue weighted by Gasteiger charge is 2.49. The SMILES string of the molecule is N#Cc1ccccc1NC(=O)C1CC1C(=O)N1CCN(c2ccccn2)CC1. The Morgan fingerprint density at radius 1 is 1.04 bits per heavy atom. The number of nitrogens with one attached hydrogen (secondary N) is 1. The van der Waals surface area contributed by atoms with E-state index in [4.69, 9.17) is 5.26 Å². The second-order valence-electron chi connectivity index (χ2n) is 7.10. The number of anilines is 2. The molecule has 2 aliphatic rings. The number of amides is 2. The Balaban J connectivity index is 1.30. The Kier molecular flexibility index (Phi) is 4.94. The molecule has 2 heterocycles. The first kappa shape index (κ1) is 18.0. The smallest absolute Gasteiger partial charge is 0.228 e. The van der Waals surface area contributed by atoms with Crippen LogP contribution in [-0.2, 0) is 9.59 Å². The summed E-state index contributed by atoms with van der Waals surface area (Å²) in [4.78, 5) is 33.6. The van der Waals surface area contributed by atoms with E-state index in [1.54, 1.807) is 30.5 Å². The average molecular weight is 375 g/mol. The molecule has 142 valence electrons. The minimum absolute atomic E-state index is 0.0504. The van der Waals surface area contributed by atoms with Crippen molar-refractivity contribution in [2.24, 2.45) is 11.8 Å². The summed E-state index contributed by atoms with van der Waals surface area (Å²) in [6, 6.07) is 14.8. The van der Waals surface area contributed by atoms with Gasteiger partial charge in [-0.15, -0.1) is 0 Å². The fourth-order valence-corrected chi connectivity index (χ4v) is 3.60. The summed E-state index contributed by atoms with van der Waals surface area (Å²) in [5.74, 6) is 0.223. The zero-order valence-electron chi connectivity index (χ0n) is 15.4. The fraction of sp³-hybridized carbons (Fsp3) is 0.333. The van der Waals surface area contributed by atoms with Crippen LogP contribution >= 0.6 is 0 Å². The van der Waals surface area contributed by atoms with Crippen LogP contribution in [0.3, 0.4) is 0 Å². The van der Waals surface area contributed by atoms with Crippen molar-refractivity contribution in [2.45, 2.75) is 6.42 Å². The molecular formula is C21H21N5O2. The molecule has 2 amide bonds. The summed E-state index contributed by atoms with van der Waals surface area (Å²) in [6.07, 6.45) is 2.34. The molecule has 1 saturated heterocycles. The number of aromatic nitrogens is 1. The largest absolute Gasteiger partial charge is 0.353 e. The maximum absolute atomic E-state index is 12.8. The zero-order chi connectivity index (χ0) is 19.5. The van der Waals surface area contributed by atoms with Crippen LogP contribution in [0.5, 0.6) is 0 Å². The second-order valence-corrected chi connectivity index (χ2v) is 7.10. The van der Waals surface area contributed by atoms with Crippen LogP contribution in [0, 0.1) is 23.2 Å². The Bertz CT molecular complexity index is 916. The monoisotopic (exact) mass is 375 g/mol. The number of rotatable bonds is 4. The van der Waals surface area contributed by atoms with Crippen molar-refractivity contribution >= 4 is 23.3 Å². The lowest BCUT2D eigenvalue weighted by Crippen LogP contribution is -2.49. The molecule has 7 heteroatoms. The Labute approximate surface area is 163 Å². The molecule has 2 atom stereocenters. The minimum Gasteiger partial charge on any atom is -0.353 e. The van der Waals surface area contributed by atoms with Crippen LogP contribution in [-0.4, -0.2) is 47.9 Å². The van der Waals surface area contributed by atoms with Crippen molar-refractivity contribution in [3.05, 3.63) is 54.2 Å². The van der Waals surface area contributed by atoms with Gasteiger partial charge in [0.15, 0.2) is 0 Å². The molecule has 2 fully saturated rings. The van der Waals surface area contributed by atoms with Gasteiger partial charge in [0.05, 0.1) is 23.1 Å². The Morgan fingerprint density at radius 2 is 1.79 bits per heavy atom. The molecule has 4 rings (SSSR count). The van der Waals surface area contributed by atoms with Gasteiger partial charge in [-0.1, -0.05) is 18.2 Å². The predicted molar refractivity (Wildman–Crippen MR) is 104 cm³/mol. The van der Waals surface area contributed by atoms with E-state index in [-0.39, 0.29) is 23.7 Å². The molecule has 0 radical (unpaired) electrons. The van der Waals surface area contributed by atoms with Crippen LogP contribution in [0.15, 0.2) is 48.7 Å². The molecule has 0 spiro atoms. The summed E-state index contributed by atoms with van der Waals surface area (Å²) in [5, 5.41) is 11.9. The van der Waals surface area contributed by atoms with Crippen LogP contribution in [0.4, 0.5) is 11.5 Å². The topological polar surface area (TPSA) is 89.3 Å². The molecule has 1 N–H and O–H groups in total. The van der Waals surface area contributed by atoms with Gasteiger partial charge < -0.3 is 15.1 Å². The lowest BCUT2D eigenvalue weighted by Gasteiger charge is -2.35. The van der Waals surface area contributed by atoms with E-state index in [1.807, 2.05) is 23.1 Å². The number of carbonyl (C=O) groups excluding carboxylic acids is 2. The van der Waals surface area contributed by atoms with Gasteiger partial charge in [0.1, 0.15) is 11.9 Å². The lowest BCUT2D eigenvalue weighted by molar-refractivity contribution is -0.134. The highest BCUT2D eigenvalue weighted by molar-refractivity contribution is 6.00. The van der Waals surface area contributed by atoms with Crippen molar-refractivity contribution < 1.29 is 9.59 Å². The molecule has 7 nitrogen and oxygen atoms in total. The third-order valence-corrected chi connectivity index (χ3v) is 5.31. The van der Waals surface area contributed by atoms with Crippen LogP contribution in [0.25, 0.3) is 0 Å². The van der Waals surface area contributed by atoms with E-state index in [9.17, 15) is 9.59 Å². The van der Waals surface area contributed by atoms with Gasteiger partial charge >= 0.3 is 0 Å². The molecule has 2 unspecified atom stereocenters. The van der Waals surface area contributed by atoms with Crippen LogP contribution in [0.2, 0.25) is 0 Å². The van der Waals surface area contributed by atoms with Gasteiger partial charge in [0, 0.05) is 32.4 Å². The highest BCUT2D eigenvalue weighted by Crippen LogP contribution is 2.41. The van der Waals surface area contributed by atoms with E-state index in [0.717, 1.165) is 18.9 Å². The maximum atomic E-state index is 12.8. The molecular weight excluding hydrogens is 354 g/mol. The first-order valence-electron chi connectivity index (χ1n) is 9.42. The van der Waals surface area contributed by atoms with Crippen molar-refractivity contribution in [1.29, 1.82) is 5.26 Å². The average Bonchev–Trinajstić information content (AvgIpc) is 3.55. The van der Waals surface area contributed by atoms with E-state index in [2.05, 4.69) is 21.3 Å². The quantitative estimate of drug-likeness (QED) is 0.881. The maximum Gasteiger partial charge on any atom is 0.228 e. The Morgan fingerprint density at radius 3 is 2.50 bits per heavy atom. The summed E-state index contributed by atoms with van der Waals surface area (Å²) in [7, 11) is 0. The van der Waals surface area contributed by atoms with Crippen molar-refractivity contribution in [3.8, 4) is 6.07 Å². The molecule has 0 bridgehead atoms. The number of para-hydroxylation sites is 1. The molecule has 28 heavy (non-hydrogen) atoms. The molecule has 1 aliphatic heterocycles. The summed E-state index contributed by atoms with van der Waals surface area (Å²) < 4.78 is 0. The third-order valence-electron chi connectivity index (χ3n) is 5.31. The van der Waals surface area contributed by atoms with E-state index in [1.165, 1.54) is 0 Å². The zero-order valence-corrected chi connectivity index (χ0v) is 15.4. The second kappa shape index (κ2) is 7.69. The summed E-state index contributed by atoms with van der Waals surface area (Å²) in [6.45, 7) is 2.75. The van der Waals surface area contributed by atoms with Gasteiger partial charge in [-0.2, -0.15) is 5.26 Å². The van der Waals surface area contributed by atoms with Crippen molar-refractivity contribution in [2.75, 3.05) is 36.4 Å². The number of pyridine rings is 1.